The molecule has 0 saturated carbocycles. The highest BCUT2D eigenvalue weighted by atomic mass is 31.2. The largest absolute Gasteiger partial charge is 0.472 e. The van der Waals surface area contributed by atoms with E-state index in [-0.39, 0.29) is 25.7 Å². The van der Waals surface area contributed by atoms with Gasteiger partial charge in [0.15, 0.2) is 12.2 Å². The normalized spacial score (nSPS) is 14.6. The average molecular weight is 1280 g/mol. The van der Waals surface area contributed by atoms with E-state index in [1.165, 1.54) is 122 Å². The Morgan fingerprint density at radius 1 is 0.322 bits per heavy atom. The quantitative estimate of drug-likeness (QED) is 0.0222. The molecule has 0 saturated heterocycles. The van der Waals surface area contributed by atoms with Crippen molar-refractivity contribution < 1.29 is 80.2 Å². The first kappa shape index (κ1) is 85.1. The molecule has 0 radical (unpaired) electrons. The third kappa shape index (κ3) is 61.3. The maximum absolute atomic E-state index is 13.0. The van der Waals surface area contributed by atoms with E-state index in [9.17, 15) is 43.2 Å². The van der Waals surface area contributed by atoms with Gasteiger partial charge in [0.05, 0.1) is 26.4 Å². The fourth-order valence-corrected chi connectivity index (χ4v) is 11.7. The van der Waals surface area contributed by atoms with Crippen LogP contribution in [-0.2, 0) is 65.4 Å². The summed E-state index contributed by atoms with van der Waals surface area (Å²) in [5.41, 5.74) is 0. The molecule has 0 bridgehead atoms. The first-order valence-corrected chi connectivity index (χ1v) is 38.2. The molecule has 4 unspecified atom stereocenters. The molecule has 0 aliphatic rings. The van der Waals surface area contributed by atoms with Crippen molar-refractivity contribution in [2.24, 2.45) is 23.7 Å². The summed E-state index contributed by atoms with van der Waals surface area (Å²) in [7, 11) is -9.90. The third-order valence-corrected chi connectivity index (χ3v) is 17.8. The second-order valence-electron chi connectivity index (χ2n) is 26.2. The summed E-state index contributed by atoms with van der Waals surface area (Å²) in [4.78, 5) is 72.3. The van der Waals surface area contributed by atoms with Crippen molar-refractivity contribution in [1.82, 2.24) is 0 Å². The minimum absolute atomic E-state index is 0.102. The highest BCUT2D eigenvalue weighted by Crippen LogP contribution is 2.45. The topological polar surface area (TPSA) is 237 Å². The monoisotopic (exact) mass is 1280 g/mol. The SMILES string of the molecule is CCC(C)CCCCCCCCC(=O)O[C@H](COC(=O)CCCCCCCCCC(C)C)COP(=O)(O)OCC(O)COP(=O)(O)OC[C@@H](COC(=O)CCCCCCCCC(C)C)OC(=O)CCCCCCCCCCCCCCCCCC(C)C. The van der Waals surface area contributed by atoms with Crippen LogP contribution in [0.2, 0.25) is 0 Å². The molecule has 516 valence electrons. The summed E-state index contributed by atoms with van der Waals surface area (Å²) in [5.74, 6) is 0.769. The molecule has 0 aliphatic heterocycles. The molecule has 19 heteroatoms. The Morgan fingerprint density at radius 3 is 0.816 bits per heavy atom. The van der Waals surface area contributed by atoms with Crippen LogP contribution in [-0.4, -0.2) is 96.7 Å². The van der Waals surface area contributed by atoms with Crippen LogP contribution in [0.1, 0.15) is 331 Å². The van der Waals surface area contributed by atoms with Gasteiger partial charge in [-0.15, -0.1) is 0 Å². The number of unbranched alkanes of at least 4 members (excludes halogenated alkanes) is 30. The van der Waals surface area contributed by atoms with Crippen LogP contribution in [0.15, 0.2) is 0 Å². The summed E-state index contributed by atoms with van der Waals surface area (Å²) in [5, 5.41) is 10.6. The predicted octanol–water partition coefficient (Wildman–Crippen LogP) is 18.9. The van der Waals surface area contributed by atoms with Crippen LogP contribution >= 0.6 is 15.6 Å². The van der Waals surface area contributed by atoms with Gasteiger partial charge >= 0.3 is 39.5 Å². The molecular formula is C68H132O17P2. The van der Waals surface area contributed by atoms with Gasteiger partial charge in [-0.05, 0) is 49.4 Å². The molecular weight excluding hydrogens is 1150 g/mol. The lowest BCUT2D eigenvalue weighted by molar-refractivity contribution is -0.161. The number of phosphoric ester groups is 2. The summed E-state index contributed by atoms with van der Waals surface area (Å²) < 4.78 is 68.1. The van der Waals surface area contributed by atoms with Crippen LogP contribution in [0.25, 0.3) is 0 Å². The third-order valence-electron chi connectivity index (χ3n) is 15.9. The van der Waals surface area contributed by atoms with Crippen molar-refractivity contribution in [3.63, 3.8) is 0 Å². The van der Waals surface area contributed by atoms with Gasteiger partial charge in [-0.2, -0.15) is 0 Å². The zero-order valence-electron chi connectivity index (χ0n) is 56.6. The Bertz CT molecular complexity index is 1730. The Labute approximate surface area is 530 Å². The van der Waals surface area contributed by atoms with Gasteiger partial charge in [-0.1, -0.05) is 280 Å². The van der Waals surface area contributed by atoms with Crippen LogP contribution in [0, 0.1) is 23.7 Å². The van der Waals surface area contributed by atoms with Gasteiger partial charge in [-0.25, -0.2) is 9.13 Å². The number of aliphatic hydroxyl groups is 1. The van der Waals surface area contributed by atoms with Gasteiger partial charge in [0.2, 0.25) is 0 Å². The van der Waals surface area contributed by atoms with Crippen molar-refractivity contribution in [3.05, 3.63) is 0 Å². The Balaban J connectivity index is 5.20. The number of carbonyl (C=O) groups is 4. The minimum Gasteiger partial charge on any atom is -0.462 e. The Morgan fingerprint density at radius 2 is 0.552 bits per heavy atom. The van der Waals surface area contributed by atoms with E-state index in [0.29, 0.717) is 37.5 Å². The fourth-order valence-electron chi connectivity index (χ4n) is 10.1. The predicted molar refractivity (Wildman–Crippen MR) is 349 cm³/mol. The smallest absolute Gasteiger partial charge is 0.462 e. The number of hydrogen-bond acceptors (Lipinski definition) is 15. The summed E-state index contributed by atoms with van der Waals surface area (Å²) >= 11 is 0. The van der Waals surface area contributed by atoms with E-state index < -0.39 is 97.5 Å². The molecule has 0 heterocycles. The summed E-state index contributed by atoms with van der Waals surface area (Å²) in [6, 6.07) is 0. The van der Waals surface area contributed by atoms with Gasteiger partial charge in [0, 0.05) is 25.7 Å². The lowest BCUT2D eigenvalue weighted by Crippen LogP contribution is -2.30. The fraction of sp³-hybridized carbons (Fsp3) is 0.941. The van der Waals surface area contributed by atoms with Crippen LogP contribution < -0.4 is 0 Å². The van der Waals surface area contributed by atoms with Crippen LogP contribution in [0.5, 0.6) is 0 Å². The minimum atomic E-state index is -4.95. The summed E-state index contributed by atoms with van der Waals surface area (Å²) in [6.45, 7) is 14.0. The number of carbonyl (C=O) groups excluding carboxylic acids is 4. The van der Waals surface area contributed by atoms with E-state index >= 15 is 0 Å². The van der Waals surface area contributed by atoms with Crippen LogP contribution in [0.3, 0.4) is 0 Å². The standard InChI is InChI=1S/C68H132O17P2/c1-9-61(8)47-39-31-25-27-35-43-51-68(73)85-64(54-78-65(70)48-40-32-23-19-21-29-37-45-59(4)5)57-83-87(76,77)81-53-62(69)52-80-86(74,75)82-56-63(55-79-66(71)49-41-33-26-24-30-38-46-60(6)7)84-67(72)50-42-34-22-18-16-14-12-10-11-13-15-17-20-28-36-44-58(2)3/h58-64,69H,9-57H2,1-8H3,(H,74,75)(H,76,77)/t61?,62?,63-,64-/m1/s1. The van der Waals surface area contributed by atoms with E-state index in [1.807, 2.05) is 0 Å². The molecule has 0 aromatic heterocycles. The zero-order chi connectivity index (χ0) is 64.7. The molecule has 3 N–H and O–H groups in total. The van der Waals surface area contributed by atoms with E-state index in [0.717, 1.165) is 115 Å². The number of esters is 4. The molecule has 0 aromatic rings. The number of ether oxygens (including phenoxy) is 4. The van der Waals surface area contributed by atoms with Gasteiger partial charge in [0.25, 0.3) is 0 Å². The first-order valence-electron chi connectivity index (χ1n) is 35.2. The highest BCUT2D eigenvalue weighted by molar-refractivity contribution is 7.47. The number of rotatable bonds is 65. The molecule has 87 heavy (non-hydrogen) atoms. The second kappa shape index (κ2) is 57.9. The van der Waals surface area contributed by atoms with E-state index in [4.69, 9.17) is 37.0 Å². The molecule has 0 aromatic carbocycles. The van der Waals surface area contributed by atoms with Gasteiger partial charge in [-0.3, -0.25) is 37.3 Å². The van der Waals surface area contributed by atoms with E-state index in [1.54, 1.807) is 0 Å². The van der Waals surface area contributed by atoms with Crippen LogP contribution in [0.4, 0.5) is 0 Å². The summed E-state index contributed by atoms with van der Waals surface area (Å²) in [6.07, 6.45) is 39.3. The van der Waals surface area contributed by atoms with Crippen molar-refractivity contribution in [3.8, 4) is 0 Å². The molecule has 6 atom stereocenters. The zero-order valence-corrected chi connectivity index (χ0v) is 58.4. The van der Waals surface area contributed by atoms with E-state index in [2.05, 4.69) is 55.4 Å². The molecule has 0 spiro atoms. The maximum atomic E-state index is 13.0. The molecule has 0 fully saturated rings. The molecule has 0 amide bonds. The lowest BCUT2D eigenvalue weighted by Gasteiger charge is -2.21. The van der Waals surface area contributed by atoms with Crippen molar-refractivity contribution in [2.45, 2.75) is 350 Å². The highest BCUT2D eigenvalue weighted by Gasteiger charge is 2.30. The molecule has 0 aliphatic carbocycles. The molecule has 17 nitrogen and oxygen atoms in total. The molecule has 0 rings (SSSR count). The lowest BCUT2D eigenvalue weighted by atomic mass is 10.00. The number of aliphatic hydroxyl groups excluding tert-OH is 1. The Kier molecular flexibility index (Phi) is 56.6. The average Bonchev–Trinajstić information content (AvgIpc) is 3.68. The van der Waals surface area contributed by atoms with Crippen molar-refractivity contribution in [2.75, 3.05) is 39.6 Å². The maximum Gasteiger partial charge on any atom is 0.472 e. The number of phosphoric acid groups is 2. The second-order valence-corrected chi connectivity index (χ2v) is 29.1. The van der Waals surface area contributed by atoms with Crippen molar-refractivity contribution in [1.29, 1.82) is 0 Å². The first-order chi connectivity index (χ1) is 41.6. The van der Waals surface area contributed by atoms with Gasteiger partial charge in [0.1, 0.15) is 19.3 Å². The van der Waals surface area contributed by atoms with Crippen molar-refractivity contribution >= 4 is 39.5 Å². The van der Waals surface area contributed by atoms with Gasteiger partial charge < -0.3 is 33.8 Å². The Hall–Kier alpha value is -1.94. The number of hydrogen-bond donors (Lipinski definition) is 3.